The molecule has 35 heavy (non-hydrogen) atoms. The number of amides is 2. The van der Waals surface area contributed by atoms with E-state index < -0.39 is 0 Å². The van der Waals surface area contributed by atoms with Gasteiger partial charge in [-0.2, -0.15) is 0 Å². The van der Waals surface area contributed by atoms with Gasteiger partial charge < -0.3 is 9.80 Å². The van der Waals surface area contributed by atoms with Crippen LogP contribution in [0.1, 0.15) is 74.4 Å². The minimum atomic E-state index is -0.203. The highest BCUT2D eigenvalue weighted by atomic mass is 32.1. The van der Waals surface area contributed by atoms with Gasteiger partial charge >= 0.3 is 0 Å². The quantitative estimate of drug-likeness (QED) is 0.504. The van der Waals surface area contributed by atoms with E-state index in [4.69, 9.17) is 0 Å². The molecule has 4 aliphatic carbocycles. The van der Waals surface area contributed by atoms with Gasteiger partial charge in [-0.25, -0.2) is 0 Å². The molecule has 2 amide bonds. The second-order valence-corrected chi connectivity index (χ2v) is 13.2. The van der Waals surface area contributed by atoms with Gasteiger partial charge in [0.2, 0.25) is 11.8 Å². The van der Waals surface area contributed by atoms with Crippen LogP contribution in [-0.2, 0) is 16.0 Å². The minimum absolute atomic E-state index is 0.0609. The first-order valence-corrected chi connectivity index (χ1v) is 14.5. The predicted molar refractivity (Wildman–Crippen MR) is 140 cm³/mol. The monoisotopic (exact) mass is 490 g/mol. The predicted octanol–water partition coefficient (Wildman–Crippen LogP) is 5.92. The molecule has 4 fully saturated rings. The molecule has 4 bridgehead atoms. The van der Waals surface area contributed by atoms with Gasteiger partial charge in [-0.05, 0) is 91.2 Å². The number of thiophene rings is 1. The van der Waals surface area contributed by atoms with Crippen LogP contribution in [0.15, 0.2) is 41.8 Å². The standard InChI is InChI=1S/C30H38N2O2S/c1-20(2)18-31(29(34)30-15-21-12-22(16-30)14-23(13-21)17-30)19-27(33)32-10-8-26-25(9-11-35-26)28(32)24-6-4-3-5-7-24/h3-7,9,11,20-23,28H,8,10,12-19H2,1-2H3. The molecule has 5 heteroatoms. The molecule has 0 saturated heterocycles. The molecule has 0 radical (unpaired) electrons. The van der Waals surface area contributed by atoms with Gasteiger partial charge in [0, 0.05) is 18.0 Å². The van der Waals surface area contributed by atoms with Crippen molar-refractivity contribution in [2.75, 3.05) is 19.6 Å². The van der Waals surface area contributed by atoms with E-state index in [1.807, 2.05) is 15.9 Å². The summed E-state index contributed by atoms with van der Waals surface area (Å²) < 4.78 is 0. The third-order valence-corrected chi connectivity index (χ3v) is 10.1. The SMILES string of the molecule is CC(C)CN(CC(=O)N1CCc2sccc2C1c1ccccc1)C(=O)C12CC3CC(CC(C3)C1)C2. The highest BCUT2D eigenvalue weighted by Gasteiger charge is 2.55. The Hall–Kier alpha value is -2.14. The van der Waals surface area contributed by atoms with Gasteiger partial charge in [-0.1, -0.05) is 44.2 Å². The molecular weight excluding hydrogens is 452 g/mol. The lowest BCUT2D eigenvalue weighted by Gasteiger charge is -2.56. The van der Waals surface area contributed by atoms with Crippen LogP contribution in [0.5, 0.6) is 0 Å². The summed E-state index contributed by atoms with van der Waals surface area (Å²) in [6, 6.07) is 12.5. The molecule has 1 atom stereocenters. The summed E-state index contributed by atoms with van der Waals surface area (Å²) in [5.41, 5.74) is 2.21. The fraction of sp³-hybridized carbons (Fsp3) is 0.600. The van der Waals surface area contributed by atoms with Gasteiger partial charge in [0.1, 0.15) is 0 Å². The third-order valence-electron chi connectivity index (χ3n) is 9.09. The fourth-order valence-corrected chi connectivity index (χ4v) is 9.11. The number of carbonyl (C=O) groups is 2. The summed E-state index contributed by atoms with van der Waals surface area (Å²) >= 11 is 1.79. The second-order valence-electron chi connectivity index (χ2n) is 12.2. The first-order chi connectivity index (χ1) is 16.9. The number of benzene rings is 1. The summed E-state index contributed by atoms with van der Waals surface area (Å²) in [6.07, 6.45) is 8.02. The van der Waals surface area contributed by atoms with Crippen LogP contribution in [0, 0.1) is 29.1 Å². The van der Waals surface area contributed by atoms with Crippen molar-refractivity contribution < 1.29 is 9.59 Å². The summed E-state index contributed by atoms with van der Waals surface area (Å²) in [4.78, 5) is 33.6. The molecule has 2 aromatic rings. The van der Waals surface area contributed by atoms with Crippen LogP contribution in [0.3, 0.4) is 0 Å². The van der Waals surface area contributed by atoms with E-state index in [2.05, 4.69) is 49.6 Å². The number of fused-ring (bicyclic) bond motifs is 1. The van der Waals surface area contributed by atoms with Gasteiger partial charge in [-0.3, -0.25) is 9.59 Å². The molecule has 186 valence electrons. The van der Waals surface area contributed by atoms with Crippen molar-refractivity contribution in [1.82, 2.24) is 9.80 Å². The average Bonchev–Trinajstić information content (AvgIpc) is 3.31. The first-order valence-electron chi connectivity index (χ1n) is 13.6. The molecule has 7 rings (SSSR count). The zero-order valence-corrected chi connectivity index (χ0v) is 21.9. The summed E-state index contributed by atoms with van der Waals surface area (Å²) in [5.74, 6) is 2.89. The Kier molecular flexibility index (Phi) is 6.03. The fourth-order valence-electron chi connectivity index (χ4n) is 8.20. The van der Waals surface area contributed by atoms with Gasteiger partial charge in [0.05, 0.1) is 18.0 Å². The summed E-state index contributed by atoms with van der Waals surface area (Å²) in [7, 11) is 0. The Morgan fingerprint density at radius 2 is 1.69 bits per heavy atom. The molecule has 1 unspecified atom stereocenters. The van der Waals surface area contributed by atoms with Gasteiger partial charge in [0.15, 0.2) is 0 Å². The lowest BCUT2D eigenvalue weighted by atomic mass is 9.49. The van der Waals surface area contributed by atoms with Crippen molar-refractivity contribution in [2.24, 2.45) is 29.1 Å². The van der Waals surface area contributed by atoms with Crippen LogP contribution < -0.4 is 0 Å². The maximum absolute atomic E-state index is 14.2. The molecule has 4 saturated carbocycles. The van der Waals surface area contributed by atoms with Crippen molar-refractivity contribution in [3.05, 3.63) is 57.8 Å². The third kappa shape index (κ3) is 4.24. The number of hydrogen-bond donors (Lipinski definition) is 0. The molecule has 0 N–H and O–H groups in total. The molecule has 1 aromatic carbocycles. The van der Waals surface area contributed by atoms with Crippen LogP contribution in [-0.4, -0.2) is 41.2 Å². The molecule has 0 spiro atoms. The van der Waals surface area contributed by atoms with Crippen LogP contribution in [0.2, 0.25) is 0 Å². The normalized spacial score (nSPS) is 31.0. The Labute approximate surface area is 213 Å². The lowest BCUT2D eigenvalue weighted by molar-refractivity contribution is -0.161. The molecular formula is C30H38N2O2S. The van der Waals surface area contributed by atoms with Crippen molar-refractivity contribution in [3.63, 3.8) is 0 Å². The van der Waals surface area contributed by atoms with E-state index in [0.717, 1.165) is 49.0 Å². The van der Waals surface area contributed by atoms with Gasteiger partial charge in [0.25, 0.3) is 0 Å². The largest absolute Gasteiger partial charge is 0.333 e. The Bertz CT molecular complexity index is 1060. The topological polar surface area (TPSA) is 40.6 Å². The van der Waals surface area contributed by atoms with E-state index in [9.17, 15) is 9.59 Å². The zero-order valence-electron chi connectivity index (χ0n) is 21.1. The number of rotatable bonds is 6. The smallest absolute Gasteiger partial charge is 0.242 e. The van der Waals surface area contributed by atoms with Crippen molar-refractivity contribution in [3.8, 4) is 0 Å². The minimum Gasteiger partial charge on any atom is -0.333 e. The maximum atomic E-state index is 14.2. The Morgan fingerprint density at radius 3 is 2.31 bits per heavy atom. The molecule has 4 nitrogen and oxygen atoms in total. The van der Waals surface area contributed by atoms with E-state index in [-0.39, 0.29) is 29.8 Å². The molecule has 5 aliphatic rings. The number of nitrogens with zero attached hydrogens (tertiary/aromatic N) is 2. The summed E-state index contributed by atoms with van der Waals surface area (Å²) in [5, 5.41) is 2.15. The number of hydrogen-bond acceptors (Lipinski definition) is 3. The maximum Gasteiger partial charge on any atom is 0.242 e. The van der Waals surface area contributed by atoms with E-state index in [1.54, 1.807) is 11.3 Å². The van der Waals surface area contributed by atoms with Crippen LogP contribution in [0.25, 0.3) is 0 Å². The second kappa shape index (κ2) is 9.06. The molecule has 2 heterocycles. The van der Waals surface area contributed by atoms with Crippen molar-refractivity contribution >= 4 is 23.2 Å². The average molecular weight is 491 g/mol. The molecule has 1 aromatic heterocycles. The van der Waals surface area contributed by atoms with Crippen molar-refractivity contribution in [2.45, 2.75) is 64.8 Å². The van der Waals surface area contributed by atoms with Gasteiger partial charge in [-0.15, -0.1) is 11.3 Å². The van der Waals surface area contributed by atoms with E-state index in [0.29, 0.717) is 19.0 Å². The van der Waals surface area contributed by atoms with Crippen LogP contribution >= 0.6 is 11.3 Å². The number of carbonyl (C=O) groups excluding carboxylic acids is 2. The summed E-state index contributed by atoms with van der Waals surface area (Å²) in [6.45, 7) is 5.92. The highest BCUT2D eigenvalue weighted by Crippen LogP contribution is 2.60. The van der Waals surface area contributed by atoms with Crippen LogP contribution in [0.4, 0.5) is 0 Å². The van der Waals surface area contributed by atoms with E-state index >= 15 is 0 Å². The van der Waals surface area contributed by atoms with E-state index in [1.165, 1.54) is 29.7 Å². The molecule has 1 aliphatic heterocycles. The lowest BCUT2D eigenvalue weighted by Crippen LogP contribution is -2.57. The Morgan fingerprint density at radius 1 is 1.03 bits per heavy atom. The first kappa shape index (κ1) is 23.3. The Balaban J connectivity index is 1.27. The van der Waals surface area contributed by atoms with Crippen molar-refractivity contribution in [1.29, 1.82) is 0 Å². The highest BCUT2D eigenvalue weighted by molar-refractivity contribution is 7.10. The zero-order chi connectivity index (χ0) is 24.2.